The maximum atomic E-state index is 12.3. The van der Waals surface area contributed by atoms with Crippen LogP contribution in [0.4, 0.5) is 13.2 Å². The molecular formula is C11H7F3O3. The molecule has 0 spiro atoms. The fourth-order valence-electron chi connectivity index (χ4n) is 1.63. The number of ether oxygens (including phenoxy) is 1. The van der Waals surface area contributed by atoms with E-state index in [2.05, 4.69) is 4.74 Å². The van der Waals surface area contributed by atoms with Crippen molar-refractivity contribution in [3.05, 3.63) is 35.4 Å². The number of carbonyl (C=O) groups is 2. The normalized spacial score (nSPS) is 20.5. The standard InChI is InChI=1S/C11H7F3O3/c12-11(13,14)7-3-1-6(2-4-7)8-5-9(15)17-10(8)16/h1-4,8H,5H2/t8-/m0/s1. The van der Waals surface area contributed by atoms with Gasteiger partial charge in [-0.15, -0.1) is 0 Å². The molecular weight excluding hydrogens is 237 g/mol. The Hall–Kier alpha value is -1.85. The Kier molecular flexibility index (Phi) is 2.65. The van der Waals surface area contributed by atoms with E-state index in [1.165, 1.54) is 12.1 Å². The minimum atomic E-state index is -4.41. The van der Waals surface area contributed by atoms with Gasteiger partial charge < -0.3 is 4.74 Å². The summed E-state index contributed by atoms with van der Waals surface area (Å²) < 4.78 is 41.2. The molecule has 6 heteroatoms. The molecule has 0 bridgehead atoms. The Balaban J connectivity index is 2.24. The number of hydrogen-bond acceptors (Lipinski definition) is 3. The first-order chi connectivity index (χ1) is 7.88. The number of alkyl halides is 3. The van der Waals surface area contributed by atoms with Gasteiger partial charge in [0, 0.05) is 0 Å². The highest BCUT2D eigenvalue weighted by Crippen LogP contribution is 2.32. The van der Waals surface area contributed by atoms with Gasteiger partial charge in [-0.2, -0.15) is 13.2 Å². The van der Waals surface area contributed by atoms with E-state index in [1.807, 2.05) is 0 Å². The zero-order valence-electron chi connectivity index (χ0n) is 8.45. The first kappa shape index (κ1) is 11.6. The zero-order chi connectivity index (χ0) is 12.6. The third-order valence-corrected chi connectivity index (χ3v) is 2.51. The molecule has 0 amide bonds. The number of carbonyl (C=O) groups excluding carboxylic acids is 2. The van der Waals surface area contributed by atoms with Crippen LogP contribution in [0.1, 0.15) is 23.5 Å². The van der Waals surface area contributed by atoms with E-state index in [1.54, 1.807) is 0 Å². The van der Waals surface area contributed by atoms with Gasteiger partial charge in [0.1, 0.15) is 0 Å². The first-order valence-electron chi connectivity index (χ1n) is 4.79. The lowest BCUT2D eigenvalue weighted by molar-refractivity contribution is -0.152. The Morgan fingerprint density at radius 2 is 1.71 bits per heavy atom. The van der Waals surface area contributed by atoms with Gasteiger partial charge in [0.15, 0.2) is 0 Å². The fourth-order valence-corrected chi connectivity index (χ4v) is 1.63. The Morgan fingerprint density at radius 3 is 2.12 bits per heavy atom. The van der Waals surface area contributed by atoms with Gasteiger partial charge in [0.05, 0.1) is 17.9 Å². The van der Waals surface area contributed by atoms with Crippen molar-refractivity contribution >= 4 is 11.9 Å². The maximum absolute atomic E-state index is 12.3. The van der Waals surface area contributed by atoms with Crippen molar-refractivity contribution in [1.29, 1.82) is 0 Å². The molecule has 90 valence electrons. The largest absolute Gasteiger partial charge is 0.416 e. The van der Waals surface area contributed by atoms with Crippen molar-refractivity contribution < 1.29 is 27.5 Å². The summed E-state index contributed by atoms with van der Waals surface area (Å²) in [4.78, 5) is 22.0. The fraction of sp³-hybridized carbons (Fsp3) is 0.273. The lowest BCUT2D eigenvalue weighted by Gasteiger charge is -2.09. The summed E-state index contributed by atoms with van der Waals surface area (Å²) in [6, 6.07) is 4.14. The summed E-state index contributed by atoms with van der Waals surface area (Å²) in [5.74, 6) is -2.15. The van der Waals surface area contributed by atoms with Crippen molar-refractivity contribution in [2.45, 2.75) is 18.5 Å². The molecule has 1 heterocycles. The summed E-state index contributed by atoms with van der Waals surface area (Å²) in [7, 11) is 0. The van der Waals surface area contributed by atoms with E-state index in [4.69, 9.17) is 0 Å². The molecule has 2 rings (SSSR count). The average Bonchev–Trinajstić information content (AvgIpc) is 2.57. The van der Waals surface area contributed by atoms with Crippen molar-refractivity contribution in [2.24, 2.45) is 0 Å². The second-order valence-electron chi connectivity index (χ2n) is 3.67. The quantitative estimate of drug-likeness (QED) is 0.562. The van der Waals surface area contributed by atoms with Gasteiger partial charge in [0.25, 0.3) is 0 Å². The number of hydrogen-bond donors (Lipinski definition) is 0. The molecule has 3 nitrogen and oxygen atoms in total. The van der Waals surface area contributed by atoms with Crippen molar-refractivity contribution in [3.63, 3.8) is 0 Å². The highest BCUT2D eigenvalue weighted by molar-refractivity contribution is 5.97. The van der Waals surface area contributed by atoms with Crippen LogP contribution in [0.25, 0.3) is 0 Å². The van der Waals surface area contributed by atoms with E-state index in [0.29, 0.717) is 5.56 Å². The number of benzene rings is 1. The molecule has 0 unspecified atom stereocenters. The smallest absolute Gasteiger partial charge is 0.393 e. The van der Waals surface area contributed by atoms with Crippen LogP contribution < -0.4 is 0 Å². The van der Waals surface area contributed by atoms with Crippen LogP contribution in [0.15, 0.2) is 24.3 Å². The van der Waals surface area contributed by atoms with Gasteiger partial charge in [-0.1, -0.05) is 12.1 Å². The summed E-state index contributed by atoms with van der Waals surface area (Å²) in [5.41, 5.74) is -0.437. The number of cyclic esters (lactones) is 2. The SMILES string of the molecule is O=C1C[C@@H](c2ccc(C(F)(F)F)cc2)C(=O)O1. The minimum Gasteiger partial charge on any atom is -0.393 e. The molecule has 1 aliphatic heterocycles. The van der Waals surface area contributed by atoms with E-state index in [-0.39, 0.29) is 6.42 Å². The predicted molar refractivity (Wildman–Crippen MR) is 49.9 cm³/mol. The third-order valence-electron chi connectivity index (χ3n) is 2.51. The molecule has 0 saturated carbocycles. The summed E-state index contributed by atoms with van der Waals surface area (Å²) >= 11 is 0. The van der Waals surface area contributed by atoms with Crippen LogP contribution in [0.3, 0.4) is 0 Å². The second kappa shape index (κ2) is 3.87. The third kappa shape index (κ3) is 2.30. The summed E-state index contributed by atoms with van der Waals surface area (Å²) in [5, 5.41) is 0. The molecule has 17 heavy (non-hydrogen) atoms. The molecule has 0 N–H and O–H groups in total. The van der Waals surface area contributed by atoms with Crippen LogP contribution >= 0.6 is 0 Å². The van der Waals surface area contributed by atoms with Gasteiger partial charge in [-0.05, 0) is 17.7 Å². The number of halogens is 3. The van der Waals surface area contributed by atoms with Gasteiger partial charge in [-0.3, -0.25) is 9.59 Å². The van der Waals surface area contributed by atoms with Crippen LogP contribution in [0, 0.1) is 0 Å². The van der Waals surface area contributed by atoms with Crippen molar-refractivity contribution in [3.8, 4) is 0 Å². The Labute approximate surface area is 94.2 Å². The molecule has 1 fully saturated rings. The Bertz CT molecular complexity index is 462. The molecule has 0 aromatic heterocycles. The Morgan fingerprint density at radius 1 is 1.12 bits per heavy atom. The maximum Gasteiger partial charge on any atom is 0.416 e. The summed E-state index contributed by atoms with van der Waals surface area (Å²) in [6.07, 6.45) is -4.53. The second-order valence-corrected chi connectivity index (χ2v) is 3.67. The molecule has 1 aromatic carbocycles. The molecule has 1 aromatic rings. The van der Waals surface area contributed by atoms with Crippen LogP contribution in [0.5, 0.6) is 0 Å². The van der Waals surface area contributed by atoms with Crippen LogP contribution in [-0.2, 0) is 20.5 Å². The molecule has 0 aliphatic carbocycles. The topological polar surface area (TPSA) is 43.4 Å². The van der Waals surface area contributed by atoms with Gasteiger partial charge >= 0.3 is 18.1 Å². The number of esters is 2. The van der Waals surface area contributed by atoms with E-state index < -0.39 is 29.6 Å². The molecule has 0 radical (unpaired) electrons. The minimum absolute atomic E-state index is 0.121. The van der Waals surface area contributed by atoms with Crippen molar-refractivity contribution in [1.82, 2.24) is 0 Å². The van der Waals surface area contributed by atoms with Crippen LogP contribution in [0.2, 0.25) is 0 Å². The average molecular weight is 244 g/mol. The monoisotopic (exact) mass is 244 g/mol. The lowest BCUT2D eigenvalue weighted by atomic mass is 9.96. The van der Waals surface area contributed by atoms with Crippen molar-refractivity contribution in [2.75, 3.05) is 0 Å². The van der Waals surface area contributed by atoms with Gasteiger partial charge in [0.2, 0.25) is 0 Å². The molecule has 1 saturated heterocycles. The zero-order valence-corrected chi connectivity index (χ0v) is 8.45. The van der Waals surface area contributed by atoms with E-state index in [0.717, 1.165) is 12.1 Å². The molecule has 1 atom stereocenters. The van der Waals surface area contributed by atoms with Crippen LogP contribution in [-0.4, -0.2) is 11.9 Å². The highest BCUT2D eigenvalue weighted by atomic mass is 19.4. The lowest BCUT2D eigenvalue weighted by Crippen LogP contribution is -2.08. The van der Waals surface area contributed by atoms with Gasteiger partial charge in [-0.25, -0.2) is 0 Å². The summed E-state index contributed by atoms with van der Waals surface area (Å²) in [6.45, 7) is 0. The molecule has 1 aliphatic rings. The number of rotatable bonds is 1. The highest BCUT2D eigenvalue weighted by Gasteiger charge is 2.35. The first-order valence-corrected chi connectivity index (χ1v) is 4.79. The van der Waals surface area contributed by atoms with E-state index >= 15 is 0 Å². The van der Waals surface area contributed by atoms with E-state index in [9.17, 15) is 22.8 Å². The predicted octanol–water partition coefficient (Wildman–Crippen LogP) is 2.26.